The van der Waals surface area contributed by atoms with Gasteiger partial charge in [-0.25, -0.2) is 9.78 Å². The Labute approximate surface area is 99.6 Å². The van der Waals surface area contributed by atoms with Crippen molar-refractivity contribution in [3.05, 3.63) is 17.3 Å². The van der Waals surface area contributed by atoms with E-state index in [1.165, 1.54) is 0 Å². The van der Waals surface area contributed by atoms with E-state index in [0.29, 0.717) is 12.8 Å². The summed E-state index contributed by atoms with van der Waals surface area (Å²) in [6.07, 6.45) is -4.56. The highest BCUT2D eigenvalue weighted by molar-refractivity contribution is 5.85. The maximum Gasteiger partial charge on any atom is 0.437 e. The summed E-state index contributed by atoms with van der Waals surface area (Å²) in [4.78, 5) is 13.9. The number of carboxylic acid groups (broad SMARTS) is 1. The molecule has 1 fully saturated rings. The van der Waals surface area contributed by atoms with E-state index in [9.17, 15) is 18.0 Å². The summed E-state index contributed by atoms with van der Waals surface area (Å²) in [5, 5.41) is 8.66. The predicted octanol–water partition coefficient (Wildman–Crippen LogP) is 2.63. The molecule has 8 heteroatoms. The molecule has 0 saturated carbocycles. The molecule has 1 aromatic heterocycles. The Kier molecular flexibility index (Phi) is 3.05. The third-order valence-electron chi connectivity index (χ3n) is 2.61. The first-order valence-electron chi connectivity index (χ1n) is 5.25. The summed E-state index contributed by atoms with van der Waals surface area (Å²) in [7, 11) is 0. The van der Waals surface area contributed by atoms with Crippen LogP contribution in [0.2, 0.25) is 0 Å². The molecule has 1 aromatic rings. The van der Waals surface area contributed by atoms with Crippen molar-refractivity contribution in [2.75, 3.05) is 0 Å². The van der Waals surface area contributed by atoms with E-state index in [0.717, 1.165) is 0 Å². The number of halogens is 3. The largest absolute Gasteiger partial charge is 0.475 e. The average Bonchev–Trinajstić information content (AvgIpc) is 2.81. The molecule has 0 radical (unpaired) electrons. The average molecular weight is 265 g/mol. The van der Waals surface area contributed by atoms with Gasteiger partial charge in [0.05, 0.1) is 6.10 Å². The lowest BCUT2D eigenvalue weighted by Crippen LogP contribution is -2.12. The summed E-state index contributed by atoms with van der Waals surface area (Å²) in [5.74, 6) is -3.32. The topological polar surface area (TPSA) is 72.6 Å². The van der Waals surface area contributed by atoms with Crippen LogP contribution < -0.4 is 0 Å². The van der Waals surface area contributed by atoms with E-state index in [4.69, 9.17) is 9.84 Å². The molecule has 0 aromatic carbocycles. The van der Waals surface area contributed by atoms with Crippen molar-refractivity contribution in [2.24, 2.45) is 0 Å². The molecule has 1 aliphatic rings. The highest BCUT2D eigenvalue weighted by atomic mass is 19.4. The molecule has 1 aliphatic heterocycles. The quantitative estimate of drug-likeness (QED) is 0.889. The molecule has 1 saturated heterocycles. The number of alkyl halides is 3. The minimum absolute atomic E-state index is 0.107. The Morgan fingerprint density at radius 3 is 2.50 bits per heavy atom. The zero-order chi connectivity index (χ0) is 13.5. The second-order valence-electron chi connectivity index (χ2n) is 4.05. The van der Waals surface area contributed by atoms with Crippen LogP contribution in [0.15, 0.2) is 4.42 Å². The van der Waals surface area contributed by atoms with Gasteiger partial charge < -0.3 is 14.3 Å². The Balaban J connectivity index is 2.37. The van der Waals surface area contributed by atoms with Gasteiger partial charge in [-0.05, 0) is 19.8 Å². The van der Waals surface area contributed by atoms with Gasteiger partial charge in [-0.15, -0.1) is 0 Å². The zero-order valence-corrected chi connectivity index (χ0v) is 9.32. The smallest absolute Gasteiger partial charge is 0.437 e. The molecular weight excluding hydrogens is 255 g/mol. The molecular formula is C10H10F3NO4. The van der Waals surface area contributed by atoms with Crippen LogP contribution in [0.1, 0.15) is 48.0 Å². The molecule has 2 unspecified atom stereocenters. The van der Waals surface area contributed by atoms with Crippen molar-refractivity contribution < 1.29 is 32.2 Å². The molecule has 1 N–H and O–H groups in total. The third kappa shape index (κ3) is 2.33. The van der Waals surface area contributed by atoms with Crippen molar-refractivity contribution >= 4 is 5.97 Å². The van der Waals surface area contributed by atoms with Crippen molar-refractivity contribution in [1.29, 1.82) is 0 Å². The number of oxazole rings is 1. The maximum atomic E-state index is 12.6. The van der Waals surface area contributed by atoms with Crippen LogP contribution >= 0.6 is 0 Å². The number of hydrogen-bond donors (Lipinski definition) is 1. The van der Waals surface area contributed by atoms with E-state index in [-0.39, 0.29) is 12.0 Å². The van der Waals surface area contributed by atoms with Crippen LogP contribution in [0, 0.1) is 0 Å². The lowest BCUT2D eigenvalue weighted by molar-refractivity contribution is -0.141. The fourth-order valence-corrected chi connectivity index (χ4v) is 1.80. The molecule has 18 heavy (non-hydrogen) atoms. The second-order valence-corrected chi connectivity index (χ2v) is 4.05. The summed E-state index contributed by atoms with van der Waals surface area (Å²) in [6.45, 7) is 1.77. The van der Waals surface area contributed by atoms with Gasteiger partial charge in [0.2, 0.25) is 11.7 Å². The maximum absolute atomic E-state index is 12.6. The predicted molar refractivity (Wildman–Crippen MR) is 51.0 cm³/mol. The molecule has 0 spiro atoms. The van der Waals surface area contributed by atoms with Crippen molar-refractivity contribution in [1.82, 2.24) is 4.98 Å². The first-order chi connectivity index (χ1) is 8.29. The van der Waals surface area contributed by atoms with Crippen LogP contribution in [0.3, 0.4) is 0 Å². The van der Waals surface area contributed by atoms with Gasteiger partial charge >= 0.3 is 12.1 Å². The number of hydrogen-bond acceptors (Lipinski definition) is 4. The first-order valence-corrected chi connectivity index (χ1v) is 5.25. The van der Waals surface area contributed by atoms with E-state index >= 15 is 0 Å². The SMILES string of the molecule is CC1CCC(c2nc(C(F)(F)F)c(C(=O)O)o2)O1. The fourth-order valence-electron chi connectivity index (χ4n) is 1.80. The van der Waals surface area contributed by atoms with Gasteiger partial charge in [-0.1, -0.05) is 0 Å². The van der Waals surface area contributed by atoms with Crippen molar-refractivity contribution in [3.8, 4) is 0 Å². The Bertz CT molecular complexity index is 468. The molecule has 2 atom stereocenters. The van der Waals surface area contributed by atoms with Gasteiger partial charge in [-0.3, -0.25) is 0 Å². The van der Waals surface area contributed by atoms with Crippen LogP contribution in [-0.2, 0) is 10.9 Å². The van der Waals surface area contributed by atoms with Gasteiger partial charge in [0.25, 0.3) is 0 Å². The van der Waals surface area contributed by atoms with E-state index in [2.05, 4.69) is 9.40 Å². The van der Waals surface area contributed by atoms with E-state index < -0.39 is 29.7 Å². The van der Waals surface area contributed by atoms with Crippen LogP contribution in [0.25, 0.3) is 0 Å². The van der Waals surface area contributed by atoms with E-state index in [1.54, 1.807) is 6.92 Å². The molecule has 0 amide bonds. The molecule has 2 heterocycles. The summed E-state index contributed by atoms with van der Waals surface area (Å²) < 4.78 is 47.6. The van der Waals surface area contributed by atoms with Gasteiger partial charge in [0.1, 0.15) is 6.10 Å². The summed E-state index contributed by atoms with van der Waals surface area (Å²) in [5.41, 5.74) is -1.52. The lowest BCUT2D eigenvalue weighted by Gasteiger charge is -2.05. The van der Waals surface area contributed by atoms with Gasteiger partial charge in [0.15, 0.2) is 5.69 Å². The number of aromatic carboxylic acids is 1. The van der Waals surface area contributed by atoms with Crippen LogP contribution in [0.5, 0.6) is 0 Å². The minimum atomic E-state index is -4.86. The fraction of sp³-hybridized carbons (Fsp3) is 0.600. The second kappa shape index (κ2) is 4.27. The normalized spacial score (nSPS) is 24.4. The minimum Gasteiger partial charge on any atom is -0.475 e. The Morgan fingerprint density at radius 2 is 2.11 bits per heavy atom. The van der Waals surface area contributed by atoms with Crippen LogP contribution in [0.4, 0.5) is 13.2 Å². The third-order valence-corrected chi connectivity index (χ3v) is 2.61. The molecule has 0 aliphatic carbocycles. The number of rotatable bonds is 2. The Morgan fingerprint density at radius 1 is 1.44 bits per heavy atom. The molecule has 100 valence electrons. The molecule has 5 nitrogen and oxygen atoms in total. The molecule has 2 rings (SSSR count). The zero-order valence-electron chi connectivity index (χ0n) is 9.32. The standard InChI is InChI=1S/C10H10F3NO4/c1-4-2-3-5(17-4)8-14-7(10(11,12)13)6(18-8)9(15)16/h4-5H,2-3H2,1H3,(H,15,16). The summed E-state index contributed by atoms with van der Waals surface area (Å²) >= 11 is 0. The summed E-state index contributed by atoms with van der Waals surface area (Å²) in [6, 6.07) is 0. The monoisotopic (exact) mass is 265 g/mol. The number of aromatic nitrogens is 1. The van der Waals surface area contributed by atoms with E-state index in [1.807, 2.05) is 0 Å². The van der Waals surface area contributed by atoms with Gasteiger partial charge in [0, 0.05) is 0 Å². The number of ether oxygens (including phenoxy) is 1. The lowest BCUT2D eigenvalue weighted by atomic mass is 10.2. The highest BCUT2D eigenvalue weighted by Gasteiger charge is 2.42. The highest BCUT2D eigenvalue weighted by Crippen LogP contribution is 2.37. The Hall–Kier alpha value is -1.57. The molecule has 0 bridgehead atoms. The van der Waals surface area contributed by atoms with Crippen molar-refractivity contribution in [2.45, 2.75) is 38.1 Å². The van der Waals surface area contributed by atoms with Crippen molar-refractivity contribution in [3.63, 3.8) is 0 Å². The number of carboxylic acids is 1. The number of nitrogens with zero attached hydrogens (tertiary/aromatic N) is 1. The first kappa shape index (κ1) is 12.9. The van der Waals surface area contributed by atoms with Gasteiger partial charge in [-0.2, -0.15) is 13.2 Å². The number of carbonyl (C=O) groups is 1. The van der Waals surface area contributed by atoms with Crippen LogP contribution in [-0.4, -0.2) is 22.2 Å².